The van der Waals surface area contributed by atoms with Crippen molar-refractivity contribution in [3.63, 3.8) is 0 Å². The monoisotopic (exact) mass is 258 g/mol. The summed E-state index contributed by atoms with van der Waals surface area (Å²) in [5, 5.41) is 5.66. The molecule has 94 valence electrons. The lowest BCUT2D eigenvalue weighted by Crippen LogP contribution is -2.28. The van der Waals surface area contributed by atoms with Crippen LogP contribution in [0.25, 0.3) is 0 Å². The van der Waals surface area contributed by atoms with Crippen LogP contribution in [0.3, 0.4) is 0 Å². The maximum Gasteiger partial charge on any atom is 0.319 e. The molecular formula is C11H15ClN2O3. The van der Waals surface area contributed by atoms with E-state index in [9.17, 15) is 4.79 Å². The number of methoxy groups -OCH3 is 2. The molecule has 6 heteroatoms. The fourth-order valence-electron chi connectivity index (χ4n) is 1.28. The van der Waals surface area contributed by atoms with Gasteiger partial charge >= 0.3 is 6.03 Å². The fourth-order valence-corrected chi connectivity index (χ4v) is 1.53. The smallest absolute Gasteiger partial charge is 0.319 e. The molecule has 0 bridgehead atoms. The Morgan fingerprint density at radius 1 is 1.29 bits per heavy atom. The number of amides is 2. The van der Waals surface area contributed by atoms with Crippen molar-refractivity contribution in [3.05, 3.63) is 17.2 Å². The fraction of sp³-hybridized carbons (Fsp3) is 0.364. The number of benzene rings is 1. The molecule has 1 aromatic rings. The maximum atomic E-state index is 11.4. The molecule has 0 unspecified atom stereocenters. The number of halogens is 1. The molecule has 0 spiro atoms. The van der Waals surface area contributed by atoms with E-state index in [2.05, 4.69) is 10.6 Å². The van der Waals surface area contributed by atoms with Crippen LogP contribution in [0.2, 0.25) is 5.02 Å². The van der Waals surface area contributed by atoms with Crippen molar-refractivity contribution in [1.82, 2.24) is 5.32 Å². The SMILES string of the molecule is CCNC(=O)Nc1cc(Cl)c(OC)cc1OC. The van der Waals surface area contributed by atoms with Crippen molar-refractivity contribution in [2.45, 2.75) is 6.92 Å². The number of hydrogen-bond acceptors (Lipinski definition) is 3. The normalized spacial score (nSPS) is 9.65. The minimum atomic E-state index is -0.313. The number of hydrogen-bond donors (Lipinski definition) is 2. The van der Waals surface area contributed by atoms with Crippen LogP contribution in [-0.4, -0.2) is 26.8 Å². The highest BCUT2D eigenvalue weighted by Crippen LogP contribution is 2.35. The summed E-state index contributed by atoms with van der Waals surface area (Å²) < 4.78 is 10.2. The van der Waals surface area contributed by atoms with Gasteiger partial charge in [0.1, 0.15) is 11.5 Å². The molecule has 2 N–H and O–H groups in total. The molecule has 0 fully saturated rings. The van der Waals surface area contributed by atoms with Crippen molar-refractivity contribution < 1.29 is 14.3 Å². The standard InChI is InChI=1S/C11H15ClN2O3/c1-4-13-11(15)14-8-5-7(12)9(16-2)6-10(8)17-3/h5-6H,4H2,1-3H3,(H2,13,14,15). The first-order chi connectivity index (χ1) is 8.12. The van der Waals surface area contributed by atoms with Gasteiger partial charge in [0.05, 0.1) is 24.9 Å². The summed E-state index contributed by atoms with van der Waals surface area (Å²) in [7, 11) is 3.02. The van der Waals surface area contributed by atoms with E-state index in [1.807, 2.05) is 6.92 Å². The molecule has 5 nitrogen and oxygen atoms in total. The Balaban J connectivity index is 2.98. The van der Waals surface area contributed by atoms with Gasteiger partial charge in [-0.25, -0.2) is 4.79 Å². The molecule has 0 aliphatic rings. The number of anilines is 1. The number of nitrogens with one attached hydrogen (secondary N) is 2. The van der Waals surface area contributed by atoms with Crippen LogP contribution in [0.1, 0.15) is 6.92 Å². The highest BCUT2D eigenvalue weighted by Gasteiger charge is 2.11. The second-order valence-electron chi connectivity index (χ2n) is 3.17. The Hall–Kier alpha value is -1.62. The molecule has 0 saturated carbocycles. The Morgan fingerprint density at radius 3 is 2.47 bits per heavy atom. The largest absolute Gasteiger partial charge is 0.495 e. The number of rotatable bonds is 4. The van der Waals surface area contributed by atoms with Crippen LogP contribution in [0.5, 0.6) is 11.5 Å². The average molecular weight is 259 g/mol. The van der Waals surface area contributed by atoms with Gasteiger partial charge in [-0.05, 0) is 13.0 Å². The highest BCUT2D eigenvalue weighted by atomic mass is 35.5. The first-order valence-electron chi connectivity index (χ1n) is 5.08. The van der Waals surface area contributed by atoms with Gasteiger partial charge in [0.25, 0.3) is 0 Å². The summed E-state index contributed by atoms with van der Waals surface area (Å²) in [4.78, 5) is 11.4. The van der Waals surface area contributed by atoms with Gasteiger partial charge in [-0.15, -0.1) is 0 Å². The predicted octanol–water partition coefficient (Wildman–Crippen LogP) is 2.50. The van der Waals surface area contributed by atoms with Gasteiger partial charge in [-0.3, -0.25) is 0 Å². The van der Waals surface area contributed by atoms with E-state index in [-0.39, 0.29) is 6.03 Å². The van der Waals surface area contributed by atoms with E-state index < -0.39 is 0 Å². The van der Waals surface area contributed by atoms with Crippen molar-refractivity contribution >= 4 is 23.3 Å². The van der Waals surface area contributed by atoms with E-state index in [4.69, 9.17) is 21.1 Å². The van der Waals surface area contributed by atoms with Crippen LogP contribution in [-0.2, 0) is 0 Å². The van der Waals surface area contributed by atoms with Gasteiger partial charge in [-0.2, -0.15) is 0 Å². The molecule has 0 heterocycles. The quantitative estimate of drug-likeness (QED) is 0.872. The summed E-state index contributed by atoms with van der Waals surface area (Å²) in [6, 6.07) is 2.88. The third kappa shape index (κ3) is 3.42. The molecule has 0 aliphatic heterocycles. The van der Waals surface area contributed by atoms with Crippen LogP contribution in [0, 0.1) is 0 Å². The van der Waals surface area contributed by atoms with E-state index in [1.165, 1.54) is 14.2 Å². The van der Waals surface area contributed by atoms with Crippen LogP contribution < -0.4 is 20.1 Å². The highest BCUT2D eigenvalue weighted by molar-refractivity contribution is 6.32. The Labute approximate surface area is 105 Å². The first-order valence-corrected chi connectivity index (χ1v) is 5.46. The van der Waals surface area contributed by atoms with Gasteiger partial charge < -0.3 is 20.1 Å². The minimum Gasteiger partial charge on any atom is -0.495 e. The summed E-state index contributed by atoms with van der Waals surface area (Å²) in [5.41, 5.74) is 0.490. The van der Waals surface area contributed by atoms with Gasteiger partial charge in [0.15, 0.2) is 0 Å². The molecule has 0 atom stereocenters. The van der Waals surface area contributed by atoms with Gasteiger partial charge in [0.2, 0.25) is 0 Å². The average Bonchev–Trinajstić information content (AvgIpc) is 2.29. The zero-order valence-electron chi connectivity index (χ0n) is 9.96. The predicted molar refractivity (Wildman–Crippen MR) is 67.3 cm³/mol. The lowest BCUT2D eigenvalue weighted by Gasteiger charge is -2.13. The summed E-state index contributed by atoms with van der Waals surface area (Å²) in [5.74, 6) is 0.975. The van der Waals surface area contributed by atoms with E-state index >= 15 is 0 Å². The Morgan fingerprint density at radius 2 is 1.94 bits per heavy atom. The van der Waals surface area contributed by atoms with Gasteiger partial charge in [0, 0.05) is 12.6 Å². The van der Waals surface area contributed by atoms with Gasteiger partial charge in [-0.1, -0.05) is 11.6 Å². The van der Waals surface area contributed by atoms with E-state index in [0.717, 1.165) is 0 Å². The Bertz CT molecular complexity index is 410. The third-order valence-electron chi connectivity index (χ3n) is 2.06. The van der Waals surface area contributed by atoms with Crippen molar-refractivity contribution in [1.29, 1.82) is 0 Å². The zero-order valence-corrected chi connectivity index (χ0v) is 10.7. The summed E-state index contributed by atoms with van der Waals surface area (Å²) in [6.45, 7) is 2.37. The molecule has 0 saturated heterocycles. The second-order valence-corrected chi connectivity index (χ2v) is 3.58. The first kappa shape index (κ1) is 13.4. The van der Waals surface area contributed by atoms with E-state index in [1.54, 1.807) is 12.1 Å². The number of carbonyl (C=O) groups excluding carboxylic acids is 1. The van der Waals surface area contributed by atoms with E-state index in [0.29, 0.717) is 28.8 Å². The molecule has 17 heavy (non-hydrogen) atoms. The topological polar surface area (TPSA) is 59.6 Å². The molecule has 0 aromatic heterocycles. The third-order valence-corrected chi connectivity index (χ3v) is 2.35. The number of carbonyl (C=O) groups is 1. The lowest BCUT2D eigenvalue weighted by atomic mass is 10.2. The maximum absolute atomic E-state index is 11.4. The molecule has 0 aliphatic carbocycles. The van der Waals surface area contributed by atoms with Crippen LogP contribution >= 0.6 is 11.6 Å². The molecule has 1 rings (SSSR count). The number of ether oxygens (including phenoxy) is 2. The van der Waals surface area contributed by atoms with Crippen molar-refractivity contribution in [3.8, 4) is 11.5 Å². The molecule has 2 amide bonds. The lowest BCUT2D eigenvalue weighted by molar-refractivity contribution is 0.252. The van der Waals surface area contributed by atoms with Crippen LogP contribution in [0.15, 0.2) is 12.1 Å². The molecule has 0 radical (unpaired) electrons. The minimum absolute atomic E-state index is 0.313. The Kier molecular flexibility index (Phi) is 4.90. The summed E-state index contributed by atoms with van der Waals surface area (Å²) >= 11 is 5.97. The zero-order chi connectivity index (χ0) is 12.8. The van der Waals surface area contributed by atoms with Crippen molar-refractivity contribution in [2.75, 3.05) is 26.1 Å². The molecule has 1 aromatic carbocycles. The van der Waals surface area contributed by atoms with Crippen LogP contribution in [0.4, 0.5) is 10.5 Å². The molecular weight excluding hydrogens is 244 g/mol. The van der Waals surface area contributed by atoms with Crippen molar-refractivity contribution in [2.24, 2.45) is 0 Å². The number of urea groups is 1. The second kappa shape index (κ2) is 6.20. The summed E-state index contributed by atoms with van der Waals surface area (Å²) in [6.07, 6.45) is 0.